The summed E-state index contributed by atoms with van der Waals surface area (Å²) in [4.78, 5) is 7.05. The molecule has 1 unspecified atom stereocenters. The molecule has 3 heteroatoms. The van der Waals surface area contributed by atoms with Gasteiger partial charge in [0.25, 0.3) is 0 Å². The van der Waals surface area contributed by atoms with Crippen molar-refractivity contribution in [1.82, 2.24) is 4.98 Å². The van der Waals surface area contributed by atoms with Gasteiger partial charge in [-0.3, -0.25) is 0 Å². The SMILES string of the molecule is CCC(C)CN(CC)c1ncc(CCl)c2ccccc12. The Hall–Kier alpha value is -1.28. The molecule has 2 aromatic rings. The number of hydrogen-bond donors (Lipinski definition) is 0. The van der Waals surface area contributed by atoms with Crippen molar-refractivity contribution in [3.8, 4) is 0 Å². The molecule has 108 valence electrons. The smallest absolute Gasteiger partial charge is 0.136 e. The quantitative estimate of drug-likeness (QED) is 0.707. The van der Waals surface area contributed by atoms with Crippen LogP contribution < -0.4 is 4.90 Å². The molecule has 0 amide bonds. The van der Waals surface area contributed by atoms with E-state index in [0.29, 0.717) is 11.8 Å². The summed E-state index contributed by atoms with van der Waals surface area (Å²) in [5.41, 5.74) is 1.10. The normalized spacial score (nSPS) is 12.6. The molecule has 0 aliphatic carbocycles. The van der Waals surface area contributed by atoms with E-state index in [1.807, 2.05) is 6.20 Å². The van der Waals surface area contributed by atoms with Crippen LogP contribution in [0.2, 0.25) is 0 Å². The molecule has 1 heterocycles. The Morgan fingerprint density at radius 3 is 2.50 bits per heavy atom. The van der Waals surface area contributed by atoms with E-state index in [9.17, 15) is 0 Å². The van der Waals surface area contributed by atoms with Crippen LogP contribution in [0.1, 0.15) is 32.8 Å². The lowest BCUT2D eigenvalue weighted by molar-refractivity contribution is 0.546. The highest BCUT2D eigenvalue weighted by molar-refractivity contribution is 6.18. The van der Waals surface area contributed by atoms with Crippen LogP contribution in [0.25, 0.3) is 10.8 Å². The van der Waals surface area contributed by atoms with Crippen LogP contribution in [0.5, 0.6) is 0 Å². The third-order valence-corrected chi connectivity index (χ3v) is 4.20. The maximum atomic E-state index is 6.02. The molecule has 0 fully saturated rings. The standard InChI is InChI=1S/C17H23ClN2/c1-4-13(3)12-20(5-2)17-16-9-7-6-8-15(16)14(10-18)11-19-17/h6-9,11,13H,4-5,10,12H2,1-3H3. The molecule has 0 bridgehead atoms. The van der Waals surface area contributed by atoms with Gasteiger partial charge in [-0.15, -0.1) is 11.6 Å². The number of pyridine rings is 1. The van der Waals surface area contributed by atoms with Crippen molar-refractivity contribution in [2.24, 2.45) is 5.92 Å². The molecule has 2 rings (SSSR count). The average molecular weight is 291 g/mol. The number of halogens is 1. The maximum Gasteiger partial charge on any atom is 0.136 e. The lowest BCUT2D eigenvalue weighted by atomic mass is 10.1. The molecular formula is C17H23ClN2. The summed E-state index contributed by atoms with van der Waals surface area (Å²) >= 11 is 6.02. The van der Waals surface area contributed by atoms with E-state index in [-0.39, 0.29) is 0 Å². The highest BCUT2D eigenvalue weighted by Crippen LogP contribution is 2.28. The molecule has 1 atom stereocenters. The maximum absolute atomic E-state index is 6.02. The summed E-state index contributed by atoms with van der Waals surface area (Å²) in [5.74, 6) is 2.26. The molecule has 0 radical (unpaired) electrons. The van der Waals surface area contributed by atoms with Crippen LogP contribution in [0, 0.1) is 5.92 Å². The Labute approximate surface area is 126 Å². The van der Waals surface area contributed by atoms with Gasteiger partial charge in [0.2, 0.25) is 0 Å². The number of nitrogens with zero attached hydrogens (tertiary/aromatic N) is 2. The van der Waals surface area contributed by atoms with E-state index < -0.39 is 0 Å². The van der Waals surface area contributed by atoms with Crippen molar-refractivity contribution >= 4 is 28.2 Å². The largest absolute Gasteiger partial charge is 0.356 e. The van der Waals surface area contributed by atoms with Crippen LogP contribution in [0.4, 0.5) is 5.82 Å². The van der Waals surface area contributed by atoms with Gasteiger partial charge in [0.1, 0.15) is 5.82 Å². The third-order valence-electron chi connectivity index (χ3n) is 3.91. The minimum absolute atomic E-state index is 0.505. The summed E-state index contributed by atoms with van der Waals surface area (Å²) in [6.07, 6.45) is 3.11. The first-order chi connectivity index (χ1) is 9.71. The van der Waals surface area contributed by atoms with E-state index >= 15 is 0 Å². The molecule has 1 aromatic heterocycles. The van der Waals surface area contributed by atoms with Crippen molar-refractivity contribution in [3.05, 3.63) is 36.0 Å². The predicted molar refractivity (Wildman–Crippen MR) is 88.6 cm³/mol. The van der Waals surface area contributed by atoms with Crippen LogP contribution in [0.15, 0.2) is 30.5 Å². The molecular weight excluding hydrogens is 268 g/mol. The van der Waals surface area contributed by atoms with Gasteiger partial charge in [-0.05, 0) is 23.8 Å². The van der Waals surface area contributed by atoms with Crippen molar-refractivity contribution < 1.29 is 0 Å². The third kappa shape index (κ3) is 3.06. The monoisotopic (exact) mass is 290 g/mol. The predicted octanol–water partition coefficient (Wildman–Crippen LogP) is 4.85. The van der Waals surface area contributed by atoms with Crippen molar-refractivity contribution in [3.63, 3.8) is 0 Å². The van der Waals surface area contributed by atoms with Crippen LogP contribution >= 0.6 is 11.6 Å². The molecule has 0 saturated heterocycles. The molecule has 0 N–H and O–H groups in total. The van der Waals surface area contributed by atoms with Crippen molar-refractivity contribution in [1.29, 1.82) is 0 Å². The summed E-state index contributed by atoms with van der Waals surface area (Å²) in [6.45, 7) is 8.73. The summed E-state index contributed by atoms with van der Waals surface area (Å²) in [7, 11) is 0. The first-order valence-electron chi connectivity index (χ1n) is 7.38. The molecule has 0 aliphatic rings. The molecule has 0 spiro atoms. The van der Waals surface area contributed by atoms with Crippen LogP contribution in [-0.2, 0) is 5.88 Å². The number of benzene rings is 1. The van der Waals surface area contributed by atoms with E-state index in [0.717, 1.165) is 24.5 Å². The second-order valence-corrected chi connectivity index (χ2v) is 5.61. The summed E-state index contributed by atoms with van der Waals surface area (Å²) in [5, 5.41) is 2.42. The average Bonchev–Trinajstić information content (AvgIpc) is 2.51. The zero-order valence-corrected chi connectivity index (χ0v) is 13.3. The van der Waals surface area contributed by atoms with Gasteiger partial charge in [-0.25, -0.2) is 4.98 Å². The van der Waals surface area contributed by atoms with Gasteiger partial charge in [-0.2, -0.15) is 0 Å². The van der Waals surface area contributed by atoms with E-state index in [1.165, 1.54) is 17.2 Å². The lowest BCUT2D eigenvalue weighted by Crippen LogP contribution is -2.29. The summed E-state index contributed by atoms with van der Waals surface area (Å²) < 4.78 is 0. The Bertz CT molecular complexity index is 568. The number of alkyl halides is 1. The van der Waals surface area contributed by atoms with Gasteiger partial charge >= 0.3 is 0 Å². The van der Waals surface area contributed by atoms with Crippen molar-refractivity contribution in [2.45, 2.75) is 33.1 Å². The number of aromatic nitrogens is 1. The van der Waals surface area contributed by atoms with E-state index in [4.69, 9.17) is 11.6 Å². The first-order valence-corrected chi connectivity index (χ1v) is 7.92. The number of rotatable bonds is 6. The topological polar surface area (TPSA) is 16.1 Å². The zero-order valence-electron chi connectivity index (χ0n) is 12.6. The fourth-order valence-electron chi connectivity index (χ4n) is 2.47. The van der Waals surface area contributed by atoms with E-state index in [2.05, 4.69) is 54.9 Å². The minimum Gasteiger partial charge on any atom is -0.356 e. The Morgan fingerprint density at radius 1 is 1.20 bits per heavy atom. The van der Waals surface area contributed by atoms with Gasteiger partial charge in [0, 0.05) is 30.6 Å². The molecule has 2 nitrogen and oxygen atoms in total. The van der Waals surface area contributed by atoms with Gasteiger partial charge in [0.15, 0.2) is 0 Å². The van der Waals surface area contributed by atoms with Gasteiger partial charge in [-0.1, -0.05) is 44.5 Å². The lowest BCUT2D eigenvalue weighted by Gasteiger charge is -2.26. The minimum atomic E-state index is 0.505. The van der Waals surface area contributed by atoms with Crippen LogP contribution in [0.3, 0.4) is 0 Å². The molecule has 0 aliphatic heterocycles. The highest BCUT2D eigenvalue weighted by Gasteiger charge is 2.14. The fraction of sp³-hybridized carbons (Fsp3) is 0.471. The van der Waals surface area contributed by atoms with Gasteiger partial charge < -0.3 is 4.90 Å². The zero-order chi connectivity index (χ0) is 14.5. The van der Waals surface area contributed by atoms with Gasteiger partial charge in [0.05, 0.1) is 0 Å². The fourth-order valence-corrected chi connectivity index (χ4v) is 2.68. The Morgan fingerprint density at radius 2 is 1.90 bits per heavy atom. The van der Waals surface area contributed by atoms with E-state index in [1.54, 1.807) is 0 Å². The highest BCUT2D eigenvalue weighted by atomic mass is 35.5. The Balaban J connectivity index is 2.48. The first kappa shape index (κ1) is 15.1. The second kappa shape index (κ2) is 6.94. The molecule has 0 saturated carbocycles. The number of anilines is 1. The molecule has 1 aromatic carbocycles. The number of fused-ring (bicyclic) bond motifs is 1. The summed E-state index contributed by atoms with van der Waals surface area (Å²) in [6, 6.07) is 8.41. The Kier molecular flexibility index (Phi) is 5.24. The number of hydrogen-bond acceptors (Lipinski definition) is 2. The van der Waals surface area contributed by atoms with Crippen LogP contribution in [-0.4, -0.2) is 18.1 Å². The second-order valence-electron chi connectivity index (χ2n) is 5.34. The van der Waals surface area contributed by atoms with Crippen molar-refractivity contribution in [2.75, 3.05) is 18.0 Å². The molecule has 20 heavy (non-hydrogen) atoms.